The van der Waals surface area contributed by atoms with Gasteiger partial charge in [0.15, 0.2) is 0 Å². The van der Waals surface area contributed by atoms with Gasteiger partial charge in [-0.05, 0) is 42.7 Å². The van der Waals surface area contributed by atoms with Gasteiger partial charge < -0.3 is 9.88 Å². The number of aryl methyl sites for hydroxylation is 1. The SMILES string of the molecule is CC(C)CC1(CNCc2cccn2C)CC1. The lowest BCUT2D eigenvalue weighted by molar-refractivity contribution is 0.365. The summed E-state index contributed by atoms with van der Waals surface area (Å²) < 4.78 is 2.19. The van der Waals surface area contributed by atoms with Crippen molar-refractivity contribution in [2.75, 3.05) is 6.54 Å². The van der Waals surface area contributed by atoms with Crippen molar-refractivity contribution < 1.29 is 0 Å². The Kier molecular flexibility index (Phi) is 3.38. The smallest absolute Gasteiger partial charge is 0.0359 e. The van der Waals surface area contributed by atoms with Crippen LogP contribution in [0.3, 0.4) is 0 Å². The van der Waals surface area contributed by atoms with E-state index in [0.29, 0.717) is 5.41 Å². The van der Waals surface area contributed by atoms with Crippen molar-refractivity contribution in [3.05, 3.63) is 24.0 Å². The molecule has 0 spiro atoms. The zero-order chi connectivity index (χ0) is 11.6. The Morgan fingerprint density at radius 1 is 1.44 bits per heavy atom. The van der Waals surface area contributed by atoms with Crippen molar-refractivity contribution in [3.63, 3.8) is 0 Å². The maximum atomic E-state index is 3.62. The highest BCUT2D eigenvalue weighted by Crippen LogP contribution is 2.49. The Morgan fingerprint density at radius 2 is 2.19 bits per heavy atom. The van der Waals surface area contributed by atoms with E-state index in [2.05, 4.69) is 49.1 Å². The van der Waals surface area contributed by atoms with Crippen LogP contribution in [0, 0.1) is 11.3 Å². The molecule has 0 radical (unpaired) electrons. The normalized spacial score (nSPS) is 18.0. The summed E-state index contributed by atoms with van der Waals surface area (Å²) in [5.41, 5.74) is 2.01. The van der Waals surface area contributed by atoms with Crippen LogP contribution in [0.1, 0.15) is 38.8 Å². The van der Waals surface area contributed by atoms with E-state index in [1.807, 2.05) is 0 Å². The van der Waals surface area contributed by atoms with Crippen molar-refractivity contribution in [1.29, 1.82) is 0 Å². The molecule has 1 aliphatic rings. The van der Waals surface area contributed by atoms with Crippen molar-refractivity contribution in [2.45, 2.75) is 39.7 Å². The molecule has 1 aromatic heterocycles. The van der Waals surface area contributed by atoms with Gasteiger partial charge in [-0.2, -0.15) is 0 Å². The highest BCUT2D eigenvalue weighted by molar-refractivity contribution is 5.06. The minimum Gasteiger partial charge on any atom is -0.353 e. The number of hydrogen-bond donors (Lipinski definition) is 1. The van der Waals surface area contributed by atoms with Crippen LogP contribution in [0.15, 0.2) is 18.3 Å². The second-order valence-electron chi connectivity index (χ2n) is 5.81. The fraction of sp³-hybridized carbons (Fsp3) is 0.714. The molecule has 0 bridgehead atoms. The predicted molar refractivity (Wildman–Crippen MR) is 68.2 cm³/mol. The molecule has 1 heterocycles. The zero-order valence-corrected chi connectivity index (χ0v) is 10.8. The van der Waals surface area contributed by atoms with E-state index in [-0.39, 0.29) is 0 Å². The molecule has 1 aliphatic carbocycles. The van der Waals surface area contributed by atoms with Gasteiger partial charge in [0, 0.05) is 32.0 Å². The lowest BCUT2D eigenvalue weighted by Crippen LogP contribution is -2.25. The Hall–Kier alpha value is -0.760. The van der Waals surface area contributed by atoms with E-state index in [4.69, 9.17) is 0 Å². The van der Waals surface area contributed by atoms with Crippen LogP contribution in [0.2, 0.25) is 0 Å². The lowest BCUT2D eigenvalue weighted by atomic mass is 9.94. The standard InChI is InChI=1S/C14H24N2/c1-12(2)9-14(6-7-14)11-15-10-13-5-4-8-16(13)3/h4-5,8,12,15H,6-7,9-11H2,1-3H3. The van der Waals surface area contributed by atoms with E-state index in [1.54, 1.807) is 0 Å². The number of aromatic nitrogens is 1. The second kappa shape index (κ2) is 4.62. The van der Waals surface area contributed by atoms with Crippen molar-refractivity contribution in [2.24, 2.45) is 18.4 Å². The number of rotatable bonds is 6. The van der Waals surface area contributed by atoms with Gasteiger partial charge in [-0.25, -0.2) is 0 Å². The quantitative estimate of drug-likeness (QED) is 0.780. The van der Waals surface area contributed by atoms with E-state index in [1.165, 1.54) is 31.5 Å². The van der Waals surface area contributed by atoms with Crippen LogP contribution < -0.4 is 5.32 Å². The molecular weight excluding hydrogens is 196 g/mol. The third-order valence-corrected chi connectivity index (χ3v) is 3.66. The minimum atomic E-state index is 0.638. The molecule has 1 saturated carbocycles. The third-order valence-electron chi connectivity index (χ3n) is 3.66. The first-order chi connectivity index (χ1) is 7.61. The lowest BCUT2D eigenvalue weighted by Gasteiger charge is -2.18. The van der Waals surface area contributed by atoms with Crippen LogP contribution in [0.25, 0.3) is 0 Å². The summed E-state index contributed by atoms with van der Waals surface area (Å²) in [6.45, 7) is 6.86. The molecule has 2 rings (SSSR count). The summed E-state index contributed by atoms with van der Waals surface area (Å²) in [5, 5.41) is 3.62. The predicted octanol–water partition coefficient (Wildman–Crippen LogP) is 2.94. The van der Waals surface area contributed by atoms with Gasteiger partial charge in [0.25, 0.3) is 0 Å². The number of nitrogens with one attached hydrogen (secondary N) is 1. The summed E-state index contributed by atoms with van der Waals surface area (Å²) >= 11 is 0. The summed E-state index contributed by atoms with van der Waals surface area (Å²) in [5.74, 6) is 0.833. The molecule has 2 nitrogen and oxygen atoms in total. The molecule has 16 heavy (non-hydrogen) atoms. The van der Waals surface area contributed by atoms with Crippen LogP contribution in [0.4, 0.5) is 0 Å². The molecule has 0 saturated heterocycles. The molecule has 90 valence electrons. The molecule has 2 heteroatoms. The highest BCUT2D eigenvalue weighted by atomic mass is 15.0. The van der Waals surface area contributed by atoms with Crippen molar-refractivity contribution in [1.82, 2.24) is 9.88 Å². The maximum absolute atomic E-state index is 3.62. The monoisotopic (exact) mass is 220 g/mol. The minimum absolute atomic E-state index is 0.638. The Balaban J connectivity index is 1.74. The molecular formula is C14H24N2. The largest absolute Gasteiger partial charge is 0.353 e. The molecule has 0 aliphatic heterocycles. The highest BCUT2D eigenvalue weighted by Gasteiger charge is 2.42. The topological polar surface area (TPSA) is 17.0 Å². The Bertz CT molecular complexity index is 334. The van der Waals surface area contributed by atoms with Crippen molar-refractivity contribution >= 4 is 0 Å². The Morgan fingerprint density at radius 3 is 2.69 bits per heavy atom. The Labute approximate surface area is 99.0 Å². The van der Waals surface area contributed by atoms with Gasteiger partial charge in [0.2, 0.25) is 0 Å². The molecule has 0 unspecified atom stereocenters. The number of hydrogen-bond acceptors (Lipinski definition) is 1. The third kappa shape index (κ3) is 2.88. The first-order valence-corrected chi connectivity index (χ1v) is 6.42. The van der Waals surface area contributed by atoms with E-state index in [0.717, 1.165) is 12.5 Å². The maximum Gasteiger partial charge on any atom is 0.0359 e. The second-order valence-corrected chi connectivity index (χ2v) is 5.81. The van der Waals surface area contributed by atoms with Gasteiger partial charge in [0.05, 0.1) is 0 Å². The average molecular weight is 220 g/mol. The van der Waals surface area contributed by atoms with E-state index in [9.17, 15) is 0 Å². The van der Waals surface area contributed by atoms with Gasteiger partial charge in [-0.1, -0.05) is 13.8 Å². The summed E-state index contributed by atoms with van der Waals surface area (Å²) in [6, 6.07) is 4.30. The fourth-order valence-electron chi connectivity index (χ4n) is 2.63. The van der Waals surface area contributed by atoms with Crippen molar-refractivity contribution in [3.8, 4) is 0 Å². The average Bonchev–Trinajstić information content (AvgIpc) is 2.82. The van der Waals surface area contributed by atoms with Gasteiger partial charge in [0.1, 0.15) is 0 Å². The molecule has 0 amide bonds. The molecule has 0 aromatic carbocycles. The van der Waals surface area contributed by atoms with Crippen LogP contribution in [0.5, 0.6) is 0 Å². The van der Waals surface area contributed by atoms with Gasteiger partial charge >= 0.3 is 0 Å². The molecule has 1 aromatic rings. The van der Waals surface area contributed by atoms with Gasteiger partial charge in [-0.3, -0.25) is 0 Å². The zero-order valence-electron chi connectivity index (χ0n) is 10.8. The van der Waals surface area contributed by atoms with Crippen LogP contribution in [-0.2, 0) is 13.6 Å². The molecule has 1 fully saturated rings. The number of nitrogens with zero attached hydrogens (tertiary/aromatic N) is 1. The van der Waals surface area contributed by atoms with Gasteiger partial charge in [-0.15, -0.1) is 0 Å². The molecule has 1 N–H and O–H groups in total. The first-order valence-electron chi connectivity index (χ1n) is 6.42. The van der Waals surface area contributed by atoms with E-state index >= 15 is 0 Å². The fourth-order valence-corrected chi connectivity index (χ4v) is 2.63. The van der Waals surface area contributed by atoms with Crippen LogP contribution >= 0.6 is 0 Å². The van der Waals surface area contributed by atoms with Crippen LogP contribution in [-0.4, -0.2) is 11.1 Å². The summed E-state index contributed by atoms with van der Waals surface area (Å²) in [7, 11) is 2.11. The summed E-state index contributed by atoms with van der Waals surface area (Å²) in [6.07, 6.45) is 6.34. The summed E-state index contributed by atoms with van der Waals surface area (Å²) in [4.78, 5) is 0. The van der Waals surface area contributed by atoms with E-state index < -0.39 is 0 Å². The first kappa shape index (κ1) is 11.7. The molecule has 0 atom stereocenters.